The van der Waals surface area contributed by atoms with Crippen LogP contribution in [-0.2, 0) is 5.41 Å². The third-order valence-electron chi connectivity index (χ3n) is 3.46. The zero-order valence-corrected chi connectivity index (χ0v) is 12.5. The van der Waals surface area contributed by atoms with Crippen LogP contribution in [-0.4, -0.2) is 35.5 Å². The van der Waals surface area contributed by atoms with E-state index in [0.29, 0.717) is 24.0 Å². The molecule has 6 heteroatoms. The largest absolute Gasteiger partial charge is 0.351 e. The van der Waals surface area contributed by atoms with E-state index in [-0.39, 0.29) is 22.4 Å². The maximum atomic E-state index is 12.1. The van der Waals surface area contributed by atoms with Crippen molar-refractivity contribution in [2.24, 2.45) is 5.92 Å². The summed E-state index contributed by atoms with van der Waals surface area (Å²) in [5.41, 5.74) is -0.0314. The highest BCUT2D eigenvalue weighted by molar-refractivity contribution is 5.94. The summed E-state index contributed by atoms with van der Waals surface area (Å²) in [6.07, 6.45) is 0. The molecule has 110 valence electrons. The first-order valence-corrected chi connectivity index (χ1v) is 6.89. The number of aromatic nitrogens is 2. The summed E-state index contributed by atoms with van der Waals surface area (Å²) in [7, 11) is 0. The number of nitrogens with one attached hydrogen (secondary N) is 3. The van der Waals surface area contributed by atoms with Gasteiger partial charge < -0.3 is 15.6 Å². The van der Waals surface area contributed by atoms with Crippen molar-refractivity contribution in [3.63, 3.8) is 0 Å². The minimum atomic E-state index is -0.369. The van der Waals surface area contributed by atoms with Gasteiger partial charge in [0.25, 0.3) is 11.5 Å². The van der Waals surface area contributed by atoms with Crippen molar-refractivity contribution in [1.82, 2.24) is 20.6 Å². The lowest BCUT2D eigenvalue weighted by Gasteiger charge is -2.27. The Hall–Kier alpha value is -1.69. The number of H-pyrrole nitrogens is 1. The van der Waals surface area contributed by atoms with Crippen molar-refractivity contribution in [2.45, 2.75) is 33.1 Å². The molecule has 0 bridgehead atoms. The quantitative estimate of drug-likeness (QED) is 0.743. The summed E-state index contributed by atoms with van der Waals surface area (Å²) in [6.45, 7) is 10.0. The van der Waals surface area contributed by atoms with Crippen LogP contribution >= 0.6 is 0 Å². The van der Waals surface area contributed by atoms with Crippen LogP contribution in [0.1, 0.15) is 42.6 Å². The molecule has 1 fully saturated rings. The molecule has 1 aliphatic rings. The van der Waals surface area contributed by atoms with Crippen LogP contribution < -0.4 is 16.2 Å². The van der Waals surface area contributed by atoms with Gasteiger partial charge in [-0.3, -0.25) is 9.59 Å². The monoisotopic (exact) mass is 278 g/mol. The average Bonchev–Trinajstić information content (AvgIpc) is 2.24. The van der Waals surface area contributed by atoms with Crippen LogP contribution in [0.5, 0.6) is 0 Å². The predicted octanol–water partition coefficient (Wildman–Crippen LogP) is 0.325. The molecule has 0 atom stereocenters. The maximum Gasteiger partial charge on any atom is 0.264 e. The van der Waals surface area contributed by atoms with E-state index in [2.05, 4.69) is 20.6 Å². The highest BCUT2D eigenvalue weighted by atomic mass is 16.2. The number of hydrogen-bond acceptors (Lipinski definition) is 4. The van der Waals surface area contributed by atoms with E-state index in [0.717, 1.165) is 13.1 Å². The molecule has 1 aromatic heterocycles. The molecular formula is C14H22N4O2. The number of aromatic amines is 1. The van der Waals surface area contributed by atoms with Crippen molar-refractivity contribution in [1.29, 1.82) is 0 Å². The molecule has 0 spiro atoms. The molecule has 0 aromatic carbocycles. The highest BCUT2D eigenvalue weighted by Crippen LogP contribution is 2.17. The first kappa shape index (κ1) is 14.7. The Kier molecular flexibility index (Phi) is 3.94. The van der Waals surface area contributed by atoms with E-state index in [1.54, 1.807) is 6.92 Å². The molecule has 1 aliphatic heterocycles. The van der Waals surface area contributed by atoms with E-state index in [1.807, 2.05) is 20.8 Å². The fourth-order valence-corrected chi connectivity index (χ4v) is 2.03. The fourth-order valence-electron chi connectivity index (χ4n) is 2.03. The van der Waals surface area contributed by atoms with E-state index in [4.69, 9.17) is 0 Å². The summed E-state index contributed by atoms with van der Waals surface area (Å²) in [5.74, 6) is 0.712. The minimum Gasteiger partial charge on any atom is -0.351 e. The molecule has 0 unspecified atom stereocenters. The Labute approximate surface area is 118 Å². The molecule has 0 aliphatic carbocycles. The maximum absolute atomic E-state index is 12.1. The van der Waals surface area contributed by atoms with Crippen LogP contribution in [0.4, 0.5) is 0 Å². The van der Waals surface area contributed by atoms with E-state index in [1.165, 1.54) is 0 Å². The number of nitrogens with zero attached hydrogens (tertiary/aromatic N) is 1. The molecule has 20 heavy (non-hydrogen) atoms. The first-order valence-electron chi connectivity index (χ1n) is 6.89. The van der Waals surface area contributed by atoms with Crippen molar-refractivity contribution in [3.8, 4) is 0 Å². The first-order chi connectivity index (χ1) is 9.29. The molecule has 2 rings (SSSR count). The molecule has 1 amide bonds. The van der Waals surface area contributed by atoms with Gasteiger partial charge in [-0.25, -0.2) is 4.98 Å². The van der Waals surface area contributed by atoms with Crippen molar-refractivity contribution < 1.29 is 4.79 Å². The summed E-state index contributed by atoms with van der Waals surface area (Å²) in [6, 6.07) is 0. The van der Waals surface area contributed by atoms with Gasteiger partial charge in [0, 0.05) is 31.0 Å². The summed E-state index contributed by atoms with van der Waals surface area (Å²) in [4.78, 5) is 31.3. The molecule has 0 saturated carbocycles. The third-order valence-corrected chi connectivity index (χ3v) is 3.46. The SMILES string of the molecule is Cc1nc(C(C)(C)C)[nH]c(=O)c1C(=O)NCC1CNC1. The molecule has 3 N–H and O–H groups in total. The van der Waals surface area contributed by atoms with Crippen LogP contribution in [0.15, 0.2) is 4.79 Å². The third kappa shape index (κ3) is 3.07. The average molecular weight is 278 g/mol. The van der Waals surface area contributed by atoms with Crippen molar-refractivity contribution in [3.05, 3.63) is 27.4 Å². The molecular weight excluding hydrogens is 256 g/mol. The second-order valence-corrected chi connectivity index (χ2v) is 6.36. The van der Waals surface area contributed by atoms with E-state index < -0.39 is 0 Å². The number of carbonyl (C=O) groups is 1. The van der Waals surface area contributed by atoms with Gasteiger partial charge in [0.15, 0.2) is 0 Å². The molecule has 0 radical (unpaired) electrons. The van der Waals surface area contributed by atoms with Crippen molar-refractivity contribution in [2.75, 3.05) is 19.6 Å². The Morgan fingerprint density at radius 3 is 2.50 bits per heavy atom. The number of carbonyl (C=O) groups excluding carboxylic acids is 1. The van der Waals surface area contributed by atoms with Gasteiger partial charge in [-0.2, -0.15) is 0 Å². The van der Waals surface area contributed by atoms with Gasteiger partial charge in [-0.1, -0.05) is 20.8 Å². The van der Waals surface area contributed by atoms with Gasteiger partial charge in [0.05, 0.1) is 5.69 Å². The predicted molar refractivity (Wildman–Crippen MR) is 77.0 cm³/mol. The lowest BCUT2D eigenvalue weighted by atomic mass is 9.95. The molecule has 1 saturated heterocycles. The zero-order valence-electron chi connectivity index (χ0n) is 12.5. The summed E-state index contributed by atoms with van der Waals surface area (Å²) >= 11 is 0. The topological polar surface area (TPSA) is 86.9 Å². The van der Waals surface area contributed by atoms with Crippen LogP contribution in [0.2, 0.25) is 0 Å². The second kappa shape index (κ2) is 5.36. The Morgan fingerprint density at radius 1 is 1.40 bits per heavy atom. The van der Waals surface area contributed by atoms with E-state index >= 15 is 0 Å². The number of hydrogen-bond donors (Lipinski definition) is 3. The molecule has 2 heterocycles. The smallest absolute Gasteiger partial charge is 0.264 e. The fraction of sp³-hybridized carbons (Fsp3) is 0.643. The molecule has 1 aromatic rings. The summed E-state index contributed by atoms with van der Waals surface area (Å²) in [5, 5.41) is 5.94. The van der Waals surface area contributed by atoms with Gasteiger partial charge in [0.2, 0.25) is 0 Å². The second-order valence-electron chi connectivity index (χ2n) is 6.36. The molecule has 6 nitrogen and oxygen atoms in total. The van der Waals surface area contributed by atoms with Gasteiger partial charge in [-0.05, 0) is 6.92 Å². The number of amides is 1. The lowest BCUT2D eigenvalue weighted by molar-refractivity contribution is 0.0939. The van der Waals surface area contributed by atoms with Gasteiger partial charge in [-0.15, -0.1) is 0 Å². The van der Waals surface area contributed by atoms with Crippen LogP contribution in [0.3, 0.4) is 0 Å². The standard InChI is InChI=1S/C14H22N4O2/c1-8-10(11(19)16-7-9-5-15-6-9)12(20)18-13(17-8)14(2,3)4/h9,15H,5-7H2,1-4H3,(H,16,19)(H,17,18,20). The number of rotatable bonds is 3. The Morgan fingerprint density at radius 2 is 2.05 bits per heavy atom. The number of aryl methyl sites for hydroxylation is 1. The van der Waals surface area contributed by atoms with Crippen LogP contribution in [0, 0.1) is 12.8 Å². The highest BCUT2D eigenvalue weighted by Gasteiger charge is 2.23. The van der Waals surface area contributed by atoms with Gasteiger partial charge in [0.1, 0.15) is 11.4 Å². The van der Waals surface area contributed by atoms with E-state index in [9.17, 15) is 9.59 Å². The Bertz CT molecular complexity index is 568. The zero-order chi connectivity index (χ0) is 14.9. The minimum absolute atomic E-state index is 0.116. The van der Waals surface area contributed by atoms with Crippen LogP contribution in [0.25, 0.3) is 0 Å². The van der Waals surface area contributed by atoms with Crippen molar-refractivity contribution >= 4 is 5.91 Å². The lowest BCUT2D eigenvalue weighted by Crippen LogP contribution is -2.48. The normalized spacial score (nSPS) is 15.8. The summed E-state index contributed by atoms with van der Waals surface area (Å²) < 4.78 is 0. The Balaban J connectivity index is 2.19. The van der Waals surface area contributed by atoms with Gasteiger partial charge >= 0.3 is 0 Å².